The molecule has 2 aromatic heterocycles. The monoisotopic (exact) mass is 347 g/mol. The smallest absolute Gasteiger partial charge is 0.231 e. The average molecular weight is 348 g/mol. The first-order valence-corrected chi connectivity index (χ1v) is 7.00. The van der Waals surface area contributed by atoms with Crippen LogP contribution in [0.2, 0.25) is 0 Å². The number of anilines is 1. The lowest BCUT2D eigenvalue weighted by molar-refractivity contribution is 0.174. The maximum atomic E-state index is 6.01. The molecule has 4 rings (SSSR count). The Kier molecular flexibility index (Phi) is 2.68. The molecule has 3 aromatic rings. The van der Waals surface area contributed by atoms with Crippen LogP contribution in [0.3, 0.4) is 0 Å². The number of nitrogens with one attached hydrogen (secondary N) is 1. The number of hydrogen-bond donors (Lipinski definition) is 2. The molecule has 0 aliphatic carbocycles. The third kappa shape index (κ3) is 1.89. The minimum atomic E-state index is 0.236. The van der Waals surface area contributed by atoms with E-state index in [1.54, 1.807) is 6.26 Å². The van der Waals surface area contributed by atoms with E-state index in [-0.39, 0.29) is 6.79 Å². The maximum Gasteiger partial charge on any atom is 0.231 e. The second kappa shape index (κ2) is 4.56. The molecule has 0 spiro atoms. The summed E-state index contributed by atoms with van der Waals surface area (Å²) in [6.07, 6.45) is 1.60. The zero-order valence-corrected chi connectivity index (χ0v) is 12.3. The van der Waals surface area contributed by atoms with Crippen LogP contribution in [-0.2, 0) is 0 Å². The Bertz CT molecular complexity index is 825. The largest absolute Gasteiger partial charge is 0.457 e. The zero-order valence-electron chi connectivity index (χ0n) is 10.7. The zero-order chi connectivity index (χ0) is 14.4. The quantitative estimate of drug-likeness (QED) is 0.741. The van der Waals surface area contributed by atoms with E-state index in [2.05, 4.69) is 26.1 Å². The number of H-pyrrole nitrogens is 1. The number of halogens is 1. The maximum absolute atomic E-state index is 6.01. The van der Waals surface area contributed by atoms with Crippen molar-refractivity contribution in [2.75, 3.05) is 12.5 Å². The van der Waals surface area contributed by atoms with Gasteiger partial charge in [0.2, 0.25) is 6.79 Å². The summed E-state index contributed by atoms with van der Waals surface area (Å²) >= 11 is 3.37. The predicted molar refractivity (Wildman–Crippen MR) is 80.0 cm³/mol. The van der Waals surface area contributed by atoms with Gasteiger partial charge in [0.1, 0.15) is 0 Å². The second-order valence-corrected chi connectivity index (χ2v) is 5.26. The molecule has 0 radical (unpaired) electrons. The number of fused-ring (bicyclic) bond motifs is 1. The first-order chi connectivity index (χ1) is 10.2. The van der Waals surface area contributed by atoms with Crippen molar-refractivity contribution in [2.45, 2.75) is 0 Å². The van der Waals surface area contributed by atoms with Gasteiger partial charge in [0.05, 0.1) is 23.1 Å². The van der Waals surface area contributed by atoms with E-state index in [1.807, 2.05) is 24.3 Å². The molecular weight excluding hydrogens is 338 g/mol. The number of furan rings is 1. The molecule has 106 valence electrons. The lowest BCUT2D eigenvalue weighted by Gasteiger charge is -2.05. The molecule has 0 saturated carbocycles. The minimum Gasteiger partial charge on any atom is -0.457 e. The lowest BCUT2D eigenvalue weighted by atomic mass is 10.0. The van der Waals surface area contributed by atoms with Gasteiger partial charge < -0.3 is 19.6 Å². The third-order valence-electron chi connectivity index (χ3n) is 3.34. The minimum absolute atomic E-state index is 0.236. The van der Waals surface area contributed by atoms with E-state index in [0.29, 0.717) is 16.2 Å². The van der Waals surface area contributed by atoms with E-state index in [9.17, 15) is 0 Å². The van der Waals surface area contributed by atoms with Crippen LogP contribution in [0.4, 0.5) is 5.82 Å². The van der Waals surface area contributed by atoms with Gasteiger partial charge in [-0.1, -0.05) is 6.07 Å². The molecule has 3 N–H and O–H groups in total. The standard InChI is InChI=1S/C14H10BrN3O3/c15-13-8(3-4-19-13)12-11(14(16)18-17-12)7-1-2-9-10(5-7)21-6-20-9/h1-5H,6H2,(H3,16,17,18). The fourth-order valence-corrected chi connectivity index (χ4v) is 2.81. The molecule has 0 atom stereocenters. The predicted octanol–water partition coefficient (Wildman–Crippen LogP) is 3.41. The Labute approximate surface area is 128 Å². The second-order valence-electron chi connectivity index (χ2n) is 4.53. The summed E-state index contributed by atoms with van der Waals surface area (Å²) in [5.41, 5.74) is 9.35. The van der Waals surface area contributed by atoms with Gasteiger partial charge in [-0.05, 0) is 39.7 Å². The molecule has 21 heavy (non-hydrogen) atoms. The summed E-state index contributed by atoms with van der Waals surface area (Å²) in [6.45, 7) is 0.236. The Morgan fingerprint density at radius 2 is 2.05 bits per heavy atom. The summed E-state index contributed by atoms with van der Waals surface area (Å²) in [5.74, 6) is 1.84. The van der Waals surface area contributed by atoms with Gasteiger partial charge in [0.25, 0.3) is 0 Å². The van der Waals surface area contributed by atoms with Crippen molar-refractivity contribution in [2.24, 2.45) is 0 Å². The number of nitrogen functional groups attached to an aromatic ring is 1. The number of benzene rings is 1. The van der Waals surface area contributed by atoms with Crippen LogP contribution in [0, 0.1) is 0 Å². The van der Waals surface area contributed by atoms with E-state index in [4.69, 9.17) is 19.6 Å². The molecule has 0 unspecified atom stereocenters. The van der Waals surface area contributed by atoms with Crippen LogP contribution in [0.1, 0.15) is 0 Å². The molecule has 6 nitrogen and oxygen atoms in total. The van der Waals surface area contributed by atoms with Gasteiger partial charge in [0.15, 0.2) is 22.0 Å². The van der Waals surface area contributed by atoms with Crippen molar-refractivity contribution in [1.29, 1.82) is 0 Å². The highest BCUT2D eigenvalue weighted by molar-refractivity contribution is 9.10. The number of rotatable bonds is 2. The normalized spacial score (nSPS) is 12.8. The number of ether oxygens (including phenoxy) is 2. The summed E-state index contributed by atoms with van der Waals surface area (Å²) in [6, 6.07) is 7.51. The van der Waals surface area contributed by atoms with Gasteiger partial charge in [-0.25, -0.2) is 0 Å². The van der Waals surface area contributed by atoms with E-state index in [0.717, 1.165) is 28.1 Å². The van der Waals surface area contributed by atoms with Crippen LogP contribution in [0.5, 0.6) is 11.5 Å². The van der Waals surface area contributed by atoms with E-state index >= 15 is 0 Å². The number of nitrogens with two attached hydrogens (primary N) is 1. The first-order valence-electron chi connectivity index (χ1n) is 6.21. The van der Waals surface area contributed by atoms with Gasteiger partial charge in [-0.2, -0.15) is 5.10 Å². The highest BCUT2D eigenvalue weighted by Crippen LogP contribution is 2.42. The first kappa shape index (κ1) is 12.3. The summed E-state index contributed by atoms with van der Waals surface area (Å²) in [4.78, 5) is 0. The molecule has 0 saturated heterocycles. The molecule has 1 aromatic carbocycles. The molecule has 0 amide bonds. The summed E-state index contributed by atoms with van der Waals surface area (Å²) in [5, 5.41) is 7.05. The molecule has 0 fully saturated rings. The van der Waals surface area contributed by atoms with Crippen molar-refractivity contribution in [3.8, 4) is 33.9 Å². The molecule has 1 aliphatic heterocycles. The van der Waals surface area contributed by atoms with Crippen molar-refractivity contribution in [3.63, 3.8) is 0 Å². The number of aromatic amines is 1. The highest BCUT2D eigenvalue weighted by atomic mass is 79.9. The van der Waals surface area contributed by atoms with Crippen LogP contribution < -0.4 is 15.2 Å². The van der Waals surface area contributed by atoms with Gasteiger partial charge in [-0.15, -0.1) is 0 Å². The van der Waals surface area contributed by atoms with E-state index < -0.39 is 0 Å². The average Bonchev–Trinajstić information content (AvgIpc) is 3.17. The molecular formula is C14H10BrN3O3. The van der Waals surface area contributed by atoms with Crippen molar-refractivity contribution in [3.05, 3.63) is 35.2 Å². The number of hydrogen-bond acceptors (Lipinski definition) is 5. The molecule has 0 bridgehead atoms. The van der Waals surface area contributed by atoms with Gasteiger partial charge in [-0.3, -0.25) is 5.10 Å². The van der Waals surface area contributed by atoms with Gasteiger partial charge >= 0.3 is 0 Å². The van der Waals surface area contributed by atoms with Crippen LogP contribution in [0.25, 0.3) is 22.4 Å². The molecule has 1 aliphatic rings. The Balaban J connectivity index is 1.89. The SMILES string of the molecule is Nc1n[nH]c(-c2ccoc2Br)c1-c1ccc2c(c1)OCO2. The van der Waals surface area contributed by atoms with Crippen molar-refractivity contribution >= 4 is 21.7 Å². The van der Waals surface area contributed by atoms with Crippen molar-refractivity contribution < 1.29 is 13.9 Å². The Hall–Kier alpha value is -2.41. The highest BCUT2D eigenvalue weighted by Gasteiger charge is 2.21. The van der Waals surface area contributed by atoms with Crippen molar-refractivity contribution in [1.82, 2.24) is 10.2 Å². The number of aromatic nitrogens is 2. The van der Waals surface area contributed by atoms with Crippen LogP contribution in [0.15, 0.2) is 39.6 Å². The van der Waals surface area contributed by atoms with Gasteiger partial charge in [0, 0.05) is 0 Å². The topological polar surface area (TPSA) is 86.3 Å². The van der Waals surface area contributed by atoms with Crippen LogP contribution >= 0.6 is 15.9 Å². The lowest BCUT2D eigenvalue weighted by Crippen LogP contribution is -1.93. The third-order valence-corrected chi connectivity index (χ3v) is 3.96. The van der Waals surface area contributed by atoms with E-state index in [1.165, 1.54) is 0 Å². The molecule has 3 heterocycles. The fourth-order valence-electron chi connectivity index (χ4n) is 2.37. The molecule has 7 heteroatoms. The summed E-state index contributed by atoms with van der Waals surface area (Å²) < 4.78 is 16.6. The number of nitrogens with zero attached hydrogens (tertiary/aromatic N) is 1. The Morgan fingerprint density at radius 1 is 1.19 bits per heavy atom. The summed E-state index contributed by atoms with van der Waals surface area (Å²) in [7, 11) is 0. The Morgan fingerprint density at radius 3 is 2.86 bits per heavy atom. The van der Waals surface area contributed by atoms with Crippen LogP contribution in [-0.4, -0.2) is 17.0 Å². The fraction of sp³-hybridized carbons (Fsp3) is 0.0714.